The van der Waals surface area contributed by atoms with E-state index in [1.165, 1.54) is 4.57 Å². The van der Waals surface area contributed by atoms with Gasteiger partial charge in [0.25, 0.3) is 5.56 Å². The Morgan fingerprint density at radius 3 is 2.59 bits per heavy atom. The average Bonchev–Trinajstić information content (AvgIpc) is 3.33. The van der Waals surface area contributed by atoms with Crippen molar-refractivity contribution in [1.29, 1.82) is 0 Å². The van der Waals surface area contributed by atoms with Gasteiger partial charge in [0.1, 0.15) is 11.5 Å². The van der Waals surface area contributed by atoms with Crippen LogP contribution in [0.1, 0.15) is 30.1 Å². The first-order valence-corrected chi connectivity index (χ1v) is 12.8. The average molecular weight is 527 g/mol. The predicted octanol–water partition coefficient (Wildman–Crippen LogP) is 2.52. The minimum atomic E-state index is -0.629. The summed E-state index contributed by atoms with van der Waals surface area (Å²) in [5, 5.41) is 0. The monoisotopic (exact) mass is 526 g/mol. The molecule has 1 atom stereocenters. The number of nitrogens with zero attached hydrogens (tertiary/aromatic N) is 5. The van der Waals surface area contributed by atoms with Crippen LogP contribution < -0.4 is 26.6 Å². The van der Waals surface area contributed by atoms with Crippen LogP contribution in [-0.2, 0) is 20.1 Å². The zero-order valence-corrected chi connectivity index (χ0v) is 22.0. The van der Waals surface area contributed by atoms with Crippen molar-refractivity contribution in [2.45, 2.75) is 38.9 Å². The minimum Gasteiger partial charge on any atom is -0.457 e. The lowest BCUT2D eigenvalue weighted by molar-refractivity contribution is 0.0966. The summed E-state index contributed by atoms with van der Waals surface area (Å²) in [6, 6.07) is 15.8. The molecule has 1 saturated heterocycles. The van der Waals surface area contributed by atoms with Gasteiger partial charge in [-0.15, -0.1) is 5.92 Å². The molecule has 10 nitrogen and oxygen atoms in total. The topological polar surface area (TPSA) is 117 Å². The Morgan fingerprint density at radius 1 is 1.10 bits per heavy atom. The number of hydrogen-bond acceptors (Lipinski definition) is 7. The van der Waals surface area contributed by atoms with E-state index in [1.54, 1.807) is 54.9 Å². The fraction of sp³-hybridized carbons (Fsp3) is 0.310. The van der Waals surface area contributed by atoms with Gasteiger partial charge in [0.2, 0.25) is 5.95 Å². The molecule has 4 aromatic rings. The van der Waals surface area contributed by atoms with E-state index in [-0.39, 0.29) is 29.3 Å². The van der Waals surface area contributed by atoms with E-state index in [4.69, 9.17) is 15.5 Å². The van der Waals surface area contributed by atoms with Crippen LogP contribution >= 0.6 is 0 Å². The maximum absolute atomic E-state index is 13.8. The van der Waals surface area contributed by atoms with Crippen molar-refractivity contribution in [3.8, 4) is 23.3 Å². The molecule has 0 radical (unpaired) electrons. The molecule has 0 bridgehead atoms. The highest BCUT2D eigenvalue weighted by Gasteiger charge is 2.27. The van der Waals surface area contributed by atoms with E-state index < -0.39 is 23.6 Å². The number of nitrogens with two attached hydrogens (primary N) is 1. The zero-order chi connectivity index (χ0) is 27.5. The molecule has 1 fully saturated rings. The van der Waals surface area contributed by atoms with Gasteiger partial charge in [-0.05, 0) is 44.0 Å². The van der Waals surface area contributed by atoms with Crippen molar-refractivity contribution in [2.24, 2.45) is 12.8 Å². The van der Waals surface area contributed by atoms with Crippen LogP contribution in [0.15, 0.2) is 64.2 Å². The largest absolute Gasteiger partial charge is 0.457 e. The number of imidazole rings is 1. The second kappa shape index (κ2) is 11.0. The standard InChI is InChI=1S/C29H30N6O4/c1-3-4-17-34-25-26(31-28(34)33-16-10-11-20(30)18-33)32(2)29(38)35(27(25)37)19-23(36)22-14-8-9-15-24(22)39-21-12-6-5-7-13-21/h5-9,12-15,20H,10-11,16-19,30H2,1-2H3/t20-/m1/s1. The molecule has 1 aliphatic rings. The van der Waals surface area contributed by atoms with Crippen LogP contribution in [0.5, 0.6) is 11.5 Å². The maximum atomic E-state index is 13.8. The Kier molecular flexibility index (Phi) is 7.34. The molecule has 0 unspecified atom stereocenters. The van der Waals surface area contributed by atoms with Crippen molar-refractivity contribution in [1.82, 2.24) is 18.7 Å². The third-order valence-electron chi connectivity index (χ3n) is 6.83. The van der Waals surface area contributed by atoms with Gasteiger partial charge in [0.15, 0.2) is 16.9 Å². The summed E-state index contributed by atoms with van der Waals surface area (Å²) >= 11 is 0. The highest BCUT2D eigenvalue weighted by molar-refractivity contribution is 5.98. The van der Waals surface area contributed by atoms with Gasteiger partial charge < -0.3 is 15.4 Å². The Labute approximate surface area is 225 Å². The molecule has 5 rings (SSSR count). The van der Waals surface area contributed by atoms with Crippen LogP contribution in [0.3, 0.4) is 0 Å². The van der Waals surface area contributed by atoms with Gasteiger partial charge in [-0.1, -0.05) is 36.3 Å². The summed E-state index contributed by atoms with van der Waals surface area (Å²) in [5.74, 6) is 6.89. The second-order valence-corrected chi connectivity index (χ2v) is 9.51. The van der Waals surface area contributed by atoms with Crippen molar-refractivity contribution < 1.29 is 9.53 Å². The van der Waals surface area contributed by atoms with Gasteiger partial charge >= 0.3 is 5.69 Å². The highest BCUT2D eigenvalue weighted by atomic mass is 16.5. The lowest BCUT2D eigenvalue weighted by atomic mass is 10.1. The summed E-state index contributed by atoms with van der Waals surface area (Å²) in [5.41, 5.74) is 5.71. The lowest BCUT2D eigenvalue weighted by Gasteiger charge is -2.31. The quantitative estimate of drug-likeness (QED) is 0.290. The van der Waals surface area contributed by atoms with Crippen LogP contribution in [0, 0.1) is 11.8 Å². The summed E-state index contributed by atoms with van der Waals surface area (Å²) in [7, 11) is 1.55. The third kappa shape index (κ3) is 5.09. The van der Waals surface area contributed by atoms with Crippen LogP contribution in [0.25, 0.3) is 11.2 Å². The van der Waals surface area contributed by atoms with Crippen LogP contribution in [-0.4, -0.2) is 43.6 Å². The van der Waals surface area contributed by atoms with Gasteiger partial charge in [0, 0.05) is 26.2 Å². The lowest BCUT2D eigenvalue weighted by Crippen LogP contribution is -2.44. The number of benzene rings is 2. The smallest absolute Gasteiger partial charge is 0.332 e. The number of anilines is 1. The van der Waals surface area contributed by atoms with Gasteiger partial charge in [-0.3, -0.25) is 23.3 Å². The Hall–Kier alpha value is -4.62. The molecule has 39 heavy (non-hydrogen) atoms. The van der Waals surface area contributed by atoms with E-state index in [9.17, 15) is 14.4 Å². The Morgan fingerprint density at radius 2 is 1.85 bits per heavy atom. The molecule has 2 aromatic carbocycles. The molecule has 200 valence electrons. The van der Waals surface area contributed by atoms with Crippen LogP contribution in [0.2, 0.25) is 0 Å². The second-order valence-electron chi connectivity index (χ2n) is 9.51. The number of rotatable bonds is 7. The van der Waals surface area contributed by atoms with E-state index in [2.05, 4.69) is 11.8 Å². The molecule has 3 heterocycles. The number of piperidine rings is 1. The number of hydrogen-bond donors (Lipinski definition) is 1. The van der Waals surface area contributed by atoms with Gasteiger partial charge in [0.05, 0.1) is 18.7 Å². The molecule has 1 aliphatic heterocycles. The first kappa shape index (κ1) is 26.0. The van der Waals surface area contributed by atoms with Crippen LogP contribution in [0.4, 0.5) is 5.95 Å². The third-order valence-corrected chi connectivity index (χ3v) is 6.83. The number of fused-ring (bicyclic) bond motifs is 1. The zero-order valence-electron chi connectivity index (χ0n) is 22.0. The summed E-state index contributed by atoms with van der Waals surface area (Å²) < 4.78 is 9.91. The Bertz CT molecular complexity index is 1710. The first-order valence-electron chi connectivity index (χ1n) is 12.8. The van der Waals surface area contributed by atoms with Crippen molar-refractivity contribution in [3.63, 3.8) is 0 Å². The summed E-state index contributed by atoms with van der Waals surface area (Å²) in [4.78, 5) is 47.3. The summed E-state index contributed by atoms with van der Waals surface area (Å²) in [6.07, 6.45) is 1.81. The number of Topliss-reactive ketones (excluding diaryl/α,β-unsaturated/α-hetero) is 1. The molecule has 0 amide bonds. The molecule has 10 heteroatoms. The SMILES string of the molecule is CC#CCn1c(N2CCC[C@@H](N)C2)nc2c1c(=O)n(CC(=O)c1ccccc1Oc1ccccc1)c(=O)n2C. The summed E-state index contributed by atoms with van der Waals surface area (Å²) in [6.45, 7) is 2.79. The molecular weight excluding hydrogens is 496 g/mol. The van der Waals surface area contributed by atoms with Crippen molar-refractivity contribution in [3.05, 3.63) is 81.0 Å². The van der Waals surface area contributed by atoms with E-state index in [0.29, 0.717) is 24.0 Å². The minimum absolute atomic E-state index is 0.0134. The van der Waals surface area contributed by atoms with Crippen molar-refractivity contribution >= 4 is 22.9 Å². The van der Waals surface area contributed by atoms with Crippen molar-refractivity contribution in [2.75, 3.05) is 18.0 Å². The van der Waals surface area contributed by atoms with E-state index in [0.717, 1.165) is 24.0 Å². The molecule has 0 spiro atoms. The maximum Gasteiger partial charge on any atom is 0.332 e. The molecule has 0 saturated carbocycles. The van der Waals surface area contributed by atoms with E-state index >= 15 is 0 Å². The predicted molar refractivity (Wildman–Crippen MR) is 149 cm³/mol. The molecule has 2 aromatic heterocycles. The highest BCUT2D eigenvalue weighted by Crippen LogP contribution is 2.26. The molecule has 2 N–H and O–H groups in total. The fourth-order valence-electron chi connectivity index (χ4n) is 4.87. The Balaban J connectivity index is 1.58. The molecule has 0 aliphatic carbocycles. The van der Waals surface area contributed by atoms with E-state index in [1.807, 2.05) is 23.1 Å². The van der Waals surface area contributed by atoms with Gasteiger partial charge in [-0.2, -0.15) is 4.98 Å². The number of ether oxygens (including phenoxy) is 1. The number of aromatic nitrogens is 4. The van der Waals surface area contributed by atoms with Gasteiger partial charge in [-0.25, -0.2) is 4.79 Å². The normalized spacial score (nSPS) is 15.2. The number of carbonyl (C=O) groups excluding carboxylic acids is 1. The first-order chi connectivity index (χ1) is 18.9. The number of carbonyl (C=O) groups is 1. The molecular formula is C29H30N6O4. The number of para-hydroxylation sites is 2. The number of aryl methyl sites for hydroxylation is 1. The number of ketones is 1. The fourth-order valence-corrected chi connectivity index (χ4v) is 4.87.